The average Bonchev–Trinajstić information content (AvgIpc) is 2.40. The lowest BCUT2D eigenvalue weighted by atomic mass is 10.2. The monoisotopic (exact) mass is 302 g/mol. The maximum atomic E-state index is 11.9. The van der Waals surface area contributed by atoms with Gasteiger partial charge in [0.2, 0.25) is 0 Å². The summed E-state index contributed by atoms with van der Waals surface area (Å²) >= 11 is 0. The molecule has 0 aliphatic heterocycles. The topological polar surface area (TPSA) is 65.0 Å². The third kappa shape index (κ3) is 6.53. The minimum atomic E-state index is -3.59. The summed E-state index contributed by atoms with van der Waals surface area (Å²) in [6.07, 6.45) is 0.495. The van der Waals surface area contributed by atoms with Gasteiger partial charge in [-0.2, -0.15) is 0 Å². The van der Waals surface area contributed by atoms with Crippen molar-refractivity contribution in [3.05, 3.63) is 29.8 Å². The maximum absolute atomic E-state index is 11.9. The van der Waals surface area contributed by atoms with Gasteiger partial charge in [-0.05, 0) is 31.0 Å². The fraction of sp³-hybridized carbons (Fsp3) is 0.571. The molecule has 20 heavy (non-hydrogen) atoms. The van der Waals surface area contributed by atoms with E-state index in [-0.39, 0.29) is 12.3 Å². The third-order valence-corrected chi connectivity index (χ3v) is 4.24. The molecule has 0 amide bonds. The van der Waals surface area contributed by atoms with Crippen LogP contribution < -0.4 is 4.74 Å². The normalized spacial score (nSPS) is 15.6. The largest absolute Gasteiger partial charge is 0.491 e. The van der Waals surface area contributed by atoms with Gasteiger partial charge in [0.25, 0.3) is 0 Å². The molecule has 2 unspecified atom stereocenters. The Morgan fingerprint density at radius 1 is 1.25 bits per heavy atom. The van der Waals surface area contributed by atoms with Gasteiger partial charge in [-0.15, -0.1) is 0 Å². The van der Waals surface area contributed by atoms with E-state index in [9.17, 15) is 9.46 Å². The highest BCUT2D eigenvalue weighted by Gasteiger charge is 2.22. The Morgan fingerprint density at radius 2 is 1.90 bits per heavy atom. The zero-order valence-electron chi connectivity index (χ0n) is 12.2. The molecule has 1 aromatic carbocycles. The van der Waals surface area contributed by atoms with Crippen molar-refractivity contribution in [1.29, 1.82) is 0 Å². The number of ether oxygens (including phenoxy) is 2. The predicted molar refractivity (Wildman–Crippen MR) is 78.2 cm³/mol. The second kappa shape index (κ2) is 8.42. The van der Waals surface area contributed by atoms with Gasteiger partial charge >= 0.3 is 7.60 Å². The Kier molecular flexibility index (Phi) is 7.24. The van der Waals surface area contributed by atoms with Gasteiger partial charge in [0, 0.05) is 7.11 Å². The lowest BCUT2D eigenvalue weighted by molar-refractivity contribution is 0.146. The van der Waals surface area contributed by atoms with E-state index >= 15 is 0 Å². The van der Waals surface area contributed by atoms with Crippen molar-refractivity contribution in [2.45, 2.75) is 32.5 Å². The molecule has 1 rings (SSSR count). The lowest BCUT2D eigenvalue weighted by Gasteiger charge is -2.16. The molecule has 114 valence electrons. The minimum Gasteiger partial charge on any atom is -0.491 e. The van der Waals surface area contributed by atoms with Gasteiger partial charge < -0.3 is 18.9 Å². The summed E-state index contributed by atoms with van der Waals surface area (Å²) < 4.78 is 27.4. The molecule has 0 aliphatic rings. The van der Waals surface area contributed by atoms with Crippen LogP contribution in [0.15, 0.2) is 24.3 Å². The molecule has 1 N–H and O–H groups in total. The zero-order valence-corrected chi connectivity index (χ0v) is 13.1. The number of methoxy groups -OCH3 is 1. The van der Waals surface area contributed by atoms with Crippen LogP contribution in [0.25, 0.3) is 0 Å². The van der Waals surface area contributed by atoms with Crippen LogP contribution in [0.1, 0.15) is 25.8 Å². The van der Waals surface area contributed by atoms with Crippen LogP contribution in [0, 0.1) is 0 Å². The summed E-state index contributed by atoms with van der Waals surface area (Å²) in [6, 6.07) is 7.08. The first-order valence-corrected chi connectivity index (χ1v) is 8.44. The van der Waals surface area contributed by atoms with E-state index in [1.54, 1.807) is 38.3 Å². The van der Waals surface area contributed by atoms with Crippen molar-refractivity contribution in [1.82, 2.24) is 0 Å². The molecule has 0 fully saturated rings. The van der Waals surface area contributed by atoms with E-state index < -0.39 is 7.60 Å². The van der Waals surface area contributed by atoms with Crippen LogP contribution in [0.5, 0.6) is 5.75 Å². The second-order valence-electron chi connectivity index (χ2n) is 4.61. The molecule has 2 atom stereocenters. The van der Waals surface area contributed by atoms with Crippen molar-refractivity contribution in [3.8, 4) is 5.75 Å². The molecule has 0 aromatic heterocycles. The highest BCUT2D eigenvalue weighted by atomic mass is 31.2. The molecule has 1 aromatic rings. The quantitative estimate of drug-likeness (QED) is 0.560. The fourth-order valence-electron chi connectivity index (χ4n) is 1.56. The van der Waals surface area contributed by atoms with Crippen molar-refractivity contribution in [3.63, 3.8) is 0 Å². The predicted octanol–water partition coefficient (Wildman–Crippen LogP) is 3.21. The standard InChI is InChI=1S/C14H23O5P/c1-4-12(2)19-20(15,16)11-13-5-7-14(8-6-13)18-10-9-17-3/h5-8,12H,4,9-11H2,1-3H3,(H,15,16). The summed E-state index contributed by atoms with van der Waals surface area (Å²) in [4.78, 5) is 9.80. The van der Waals surface area contributed by atoms with Gasteiger partial charge in [0.05, 0.1) is 18.9 Å². The molecule has 5 nitrogen and oxygen atoms in total. The van der Waals surface area contributed by atoms with Crippen LogP contribution in [-0.2, 0) is 20.0 Å². The van der Waals surface area contributed by atoms with E-state index in [1.165, 1.54) is 0 Å². The maximum Gasteiger partial charge on any atom is 0.332 e. The Morgan fingerprint density at radius 3 is 2.45 bits per heavy atom. The third-order valence-electron chi connectivity index (χ3n) is 2.78. The number of hydrogen-bond donors (Lipinski definition) is 1. The molecular formula is C14H23O5P. The Balaban J connectivity index is 2.54. The Hall–Kier alpha value is -0.870. The van der Waals surface area contributed by atoms with Crippen molar-refractivity contribution in [2.75, 3.05) is 20.3 Å². The summed E-state index contributed by atoms with van der Waals surface area (Å²) in [5, 5.41) is 0. The number of hydrogen-bond acceptors (Lipinski definition) is 4. The van der Waals surface area contributed by atoms with Crippen molar-refractivity contribution in [2.24, 2.45) is 0 Å². The second-order valence-corrected chi connectivity index (χ2v) is 6.41. The molecule has 6 heteroatoms. The van der Waals surface area contributed by atoms with E-state index in [1.807, 2.05) is 6.92 Å². The molecular weight excluding hydrogens is 279 g/mol. The van der Waals surface area contributed by atoms with E-state index in [4.69, 9.17) is 14.0 Å². The van der Waals surface area contributed by atoms with Crippen molar-refractivity contribution < 1.29 is 23.5 Å². The number of rotatable bonds is 9. The molecule has 0 radical (unpaired) electrons. The van der Waals surface area contributed by atoms with Crippen LogP contribution in [0.4, 0.5) is 0 Å². The molecule has 0 saturated heterocycles. The van der Waals surface area contributed by atoms with Crippen molar-refractivity contribution >= 4 is 7.60 Å². The van der Waals surface area contributed by atoms with Crippen LogP contribution in [0.3, 0.4) is 0 Å². The molecule has 0 bridgehead atoms. The highest BCUT2D eigenvalue weighted by molar-refractivity contribution is 7.51. The van der Waals surface area contributed by atoms with E-state index in [0.717, 1.165) is 5.56 Å². The molecule has 0 heterocycles. The zero-order chi connectivity index (χ0) is 15.0. The van der Waals surface area contributed by atoms with Gasteiger partial charge in [0.15, 0.2) is 0 Å². The first-order chi connectivity index (χ1) is 9.46. The van der Waals surface area contributed by atoms with Gasteiger partial charge in [-0.3, -0.25) is 4.57 Å². The summed E-state index contributed by atoms with van der Waals surface area (Å²) in [5.74, 6) is 0.710. The Bertz CT molecular complexity index is 432. The van der Waals surface area contributed by atoms with Gasteiger partial charge in [0.1, 0.15) is 12.4 Å². The van der Waals surface area contributed by atoms with E-state index in [0.29, 0.717) is 25.4 Å². The van der Waals surface area contributed by atoms with Gasteiger partial charge in [-0.1, -0.05) is 19.1 Å². The van der Waals surface area contributed by atoms with Crippen LogP contribution in [0.2, 0.25) is 0 Å². The lowest BCUT2D eigenvalue weighted by Crippen LogP contribution is -2.06. The molecule has 0 aliphatic carbocycles. The first kappa shape index (κ1) is 17.2. The smallest absolute Gasteiger partial charge is 0.332 e. The average molecular weight is 302 g/mol. The fourth-order valence-corrected chi connectivity index (χ4v) is 3.02. The first-order valence-electron chi connectivity index (χ1n) is 6.67. The molecule has 0 spiro atoms. The minimum absolute atomic E-state index is 0.00961. The highest BCUT2D eigenvalue weighted by Crippen LogP contribution is 2.47. The number of benzene rings is 1. The van der Waals surface area contributed by atoms with Crippen LogP contribution in [-0.4, -0.2) is 31.3 Å². The van der Waals surface area contributed by atoms with Crippen LogP contribution >= 0.6 is 7.60 Å². The van der Waals surface area contributed by atoms with E-state index in [2.05, 4.69) is 0 Å². The summed E-state index contributed by atoms with van der Waals surface area (Å²) in [5.41, 5.74) is 0.748. The summed E-state index contributed by atoms with van der Waals surface area (Å²) in [6.45, 7) is 4.70. The molecule has 0 saturated carbocycles. The summed E-state index contributed by atoms with van der Waals surface area (Å²) in [7, 11) is -1.98. The SMILES string of the molecule is CCC(C)OP(=O)(O)Cc1ccc(OCCOC)cc1. The van der Waals surface area contributed by atoms with Gasteiger partial charge in [-0.25, -0.2) is 0 Å². The Labute approximate surface area is 120 Å².